The van der Waals surface area contributed by atoms with E-state index in [-0.39, 0.29) is 5.91 Å². The van der Waals surface area contributed by atoms with Crippen LogP contribution >= 0.6 is 0 Å². The minimum absolute atomic E-state index is 0.309. The van der Waals surface area contributed by atoms with E-state index in [4.69, 9.17) is 11.5 Å². The quantitative estimate of drug-likeness (QED) is 0.392. The number of hydrogen-bond acceptors (Lipinski definition) is 5. The first-order chi connectivity index (χ1) is 8.56. The Labute approximate surface area is 105 Å². The van der Waals surface area contributed by atoms with E-state index in [1.165, 1.54) is 7.11 Å². The van der Waals surface area contributed by atoms with Gasteiger partial charge >= 0.3 is 5.97 Å². The molecule has 0 saturated heterocycles. The molecule has 6 nitrogen and oxygen atoms in total. The number of carbonyl (C=O) groups excluding carboxylic acids is 2. The van der Waals surface area contributed by atoms with Crippen molar-refractivity contribution >= 4 is 23.3 Å². The number of hydrogen-bond donors (Lipinski definition) is 3. The number of primary amides is 1. The molecule has 0 aromatic heterocycles. The summed E-state index contributed by atoms with van der Waals surface area (Å²) in [5.41, 5.74) is 12.2. The summed E-state index contributed by atoms with van der Waals surface area (Å²) in [5.74, 6) is -0.818. The van der Waals surface area contributed by atoms with Crippen LogP contribution < -0.4 is 16.8 Å². The van der Waals surface area contributed by atoms with Gasteiger partial charge in [0.2, 0.25) is 5.91 Å². The van der Waals surface area contributed by atoms with E-state index in [2.05, 4.69) is 10.1 Å². The number of benzene rings is 1. The number of methoxy groups -OCH3 is 1. The third-order valence-electron chi connectivity index (χ3n) is 2.43. The number of nitrogens with one attached hydrogen (secondary N) is 1. The third-order valence-corrected chi connectivity index (χ3v) is 2.43. The monoisotopic (exact) mass is 251 g/mol. The molecule has 1 amide bonds. The summed E-state index contributed by atoms with van der Waals surface area (Å²) in [6.45, 7) is 0.553. The minimum Gasteiger partial charge on any atom is -0.465 e. The Morgan fingerprint density at radius 1 is 1.39 bits per heavy atom. The van der Waals surface area contributed by atoms with E-state index >= 15 is 0 Å². The van der Waals surface area contributed by atoms with Crippen LogP contribution in [0.4, 0.5) is 11.4 Å². The summed E-state index contributed by atoms with van der Waals surface area (Å²) >= 11 is 0. The molecule has 0 atom stereocenters. The molecule has 0 unspecified atom stereocenters. The van der Waals surface area contributed by atoms with Gasteiger partial charge in [-0.2, -0.15) is 0 Å². The van der Waals surface area contributed by atoms with E-state index in [0.717, 1.165) is 0 Å². The Balaban J connectivity index is 2.66. The Kier molecular flexibility index (Phi) is 4.98. The van der Waals surface area contributed by atoms with Crippen molar-refractivity contribution < 1.29 is 14.3 Å². The van der Waals surface area contributed by atoms with Gasteiger partial charge in [0, 0.05) is 13.0 Å². The summed E-state index contributed by atoms with van der Waals surface area (Å²) in [6, 6.07) is 5.06. The average Bonchev–Trinajstić information content (AvgIpc) is 2.35. The minimum atomic E-state index is -0.478. The summed E-state index contributed by atoms with van der Waals surface area (Å²) in [4.78, 5) is 22.0. The van der Waals surface area contributed by atoms with E-state index in [1.54, 1.807) is 18.2 Å². The molecule has 1 aromatic rings. The van der Waals surface area contributed by atoms with Crippen molar-refractivity contribution in [3.63, 3.8) is 0 Å². The van der Waals surface area contributed by atoms with Gasteiger partial charge in [-0.15, -0.1) is 0 Å². The number of amides is 1. The Morgan fingerprint density at radius 2 is 2.11 bits per heavy atom. The standard InChI is InChI=1S/C12H17N3O3/c1-18-12(17)8-4-2-5-9(11(8)14)15-7-3-6-10(13)16/h2,4-5,15H,3,6-7,14H2,1H3,(H2,13,16). The number of esters is 1. The Hall–Kier alpha value is -2.24. The Bertz CT molecular complexity index is 446. The van der Waals surface area contributed by atoms with Gasteiger partial charge in [-0.1, -0.05) is 6.07 Å². The molecule has 0 aliphatic heterocycles. The zero-order valence-corrected chi connectivity index (χ0v) is 10.2. The van der Waals surface area contributed by atoms with Crippen molar-refractivity contribution in [2.45, 2.75) is 12.8 Å². The lowest BCUT2D eigenvalue weighted by Crippen LogP contribution is -2.14. The highest BCUT2D eigenvalue weighted by Crippen LogP contribution is 2.23. The van der Waals surface area contributed by atoms with Crippen LogP contribution in [0.1, 0.15) is 23.2 Å². The van der Waals surface area contributed by atoms with E-state index in [0.29, 0.717) is 36.3 Å². The molecule has 0 fully saturated rings. The fourth-order valence-electron chi connectivity index (χ4n) is 1.49. The summed E-state index contributed by atoms with van der Waals surface area (Å²) in [7, 11) is 1.30. The number of nitrogen functional groups attached to an aromatic ring is 1. The topological polar surface area (TPSA) is 107 Å². The van der Waals surface area contributed by atoms with Crippen molar-refractivity contribution in [1.29, 1.82) is 0 Å². The van der Waals surface area contributed by atoms with Gasteiger partial charge in [0.25, 0.3) is 0 Å². The second-order valence-electron chi connectivity index (χ2n) is 3.76. The molecule has 0 radical (unpaired) electrons. The molecule has 1 rings (SSSR count). The lowest BCUT2D eigenvalue weighted by molar-refractivity contribution is -0.118. The van der Waals surface area contributed by atoms with Crippen LogP contribution in [0.15, 0.2) is 18.2 Å². The SMILES string of the molecule is COC(=O)c1cccc(NCCCC(N)=O)c1N. The maximum Gasteiger partial charge on any atom is 0.340 e. The molecule has 0 spiro atoms. The molecule has 18 heavy (non-hydrogen) atoms. The predicted molar refractivity (Wildman–Crippen MR) is 69.1 cm³/mol. The van der Waals surface area contributed by atoms with Gasteiger partial charge in [-0.25, -0.2) is 4.79 Å². The number of nitrogens with two attached hydrogens (primary N) is 2. The summed E-state index contributed by atoms with van der Waals surface area (Å²) in [6.07, 6.45) is 0.917. The zero-order chi connectivity index (χ0) is 13.5. The fourth-order valence-corrected chi connectivity index (χ4v) is 1.49. The molecular formula is C12H17N3O3. The van der Waals surface area contributed by atoms with Crippen LogP contribution in [0.5, 0.6) is 0 Å². The highest BCUT2D eigenvalue weighted by molar-refractivity contribution is 5.98. The molecular weight excluding hydrogens is 234 g/mol. The maximum absolute atomic E-state index is 11.4. The number of anilines is 2. The number of carbonyl (C=O) groups is 2. The maximum atomic E-state index is 11.4. The molecule has 0 aliphatic carbocycles. The molecule has 0 saturated carbocycles. The van der Waals surface area contributed by atoms with Gasteiger partial charge in [0.15, 0.2) is 0 Å². The van der Waals surface area contributed by atoms with Crippen molar-refractivity contribution in [2.75, 3.05) is 24.7 Å². The van der Waals surface area contributed by atoms with E-state index in [9.17, 15) is 9.59 Å². The van der Waals surface area contributed by atoms with Crippen molar-refractivity contribution in [3.05, 3.63) is 23.8 Å². The number of para-hydroxylation sites is 1. The van der Waals surface area contributed by atoms with E-state index < -0.39 is 5.97 Å². The van der Waals surface area contributed by atoms with Crippen LogP contribution in [0.25, 0.3) is 0 Å². The third kappa shape index (κ3) is 3.65. The highest BCUT2D eigenvalue weighted by atomic mass is 16.5. The Morgan fingerprint density at radius 3 is 2.72 bits per heavy atom. The largest absolute Gasteiger partial charge is 0.465 e. The van der Waals surface area contributed by atoms with Gasteiger partial charge in [0.1, 0.15) is 0 Å². The van der Waals surface area contributed by atoms with Crippen molar-refractivity contribution in [1.82, 2.24) is 0 Å². The molecule has 1 aromatic carbocycles. The normalized spacial score (nSPS) is 9.83. The number of ether oxygens (including phenoxy) is 1. The average molecular weight is 251 g/mol. The molecule has 98 valence electrons. The van der Waals surface area contributed by atoms with Gasteiger partial charge in [-0.05, 0) is 18.6 Å². The van der Waals surface area contributed by atoms with E-state index in [1.807, 2.05) is 0 Å². The van der Waals surface area contributed by atoms with Crippen LogP contribution in [0.2, 0.25) is 0 Å². The molecule has 0 aliphatic rings. The second-order valence-corrected chi connectivity index (χ2v) is 3.76. The van der Waals surface area contributed by atoms with Crippen molar-refractivity contribution in [2.24, 2.45) is 5.73 Å². The molecule has 0 bridgehead atoms. The van der Waals surface area contributed by atoms with Crippen LogP contribution in [-0.4, -0.2) is 25.5 Å². The summed E-state index contributed by atoms with van der Waals surface area (Å²) < 4.78 is 4.62. The lowest BCUT2D eigenvalue weighted by Gasteiger charge is -2.11. The number of rotatable bonds is 6. The van der Waals surface area contributed by atoms with Gasteiger partial charge < -0.3 is 21.5 Å². The lowest BCUT2D eigenvalue weighted by atomic mass is 10.1. The highest BCUT2D eigenvalue weighted by Gasteiger charge is 2.12. The van der Waals surface area contributed by atoms with Crippen molar-refractivity contribution in [3.8, 4) is 0 Å². The van der Waals surface area contributed by atoms with Gasteiger partial charge in [0.05, 0.1) is 24.0 Å². The summed E-state index contributed by atoms with van der Waals surface area (Å²) in [5, 5.41) is 3.05. The second kappa shape index (κ2) is 6.48. The fraction of sp³-hybridized carbons (Fsp3) is 0.333. The first kappa shape index (κ1) is 13.8. The molecule has 5 N–H and O–H groups in total. The smallest absolute Gasteiger partial charge is 0.340 e. The zero-order valence-electron chi connectivity index (χ0n) is 10.2. The molecule has 0 heterocycles. The first-order valence-electron chi connectivity index (χ1n) is 5.55. The molecule has 6 heteroatoms. The predicted octanol–water partition coefficient (Wildman–Crippen LogP) is 0.733. The van der Waals surface area contributed by atoms with Gasteiger partial charge in [-0.3, -0.25) is 4.79 Å². The van der Waals surface area contributed by atoms with Crippen LogP contribution in [-0.2, 0) is 9.53 Å². The first-order valence-corrected chi connectivity index (χ1v) is 5.55. The van der Waals surface area contributed by atoms with Crippen LogP contribution in [0, 0.1) is 0 Å². The van der Waals surface area contributed by atoms with Crippen LogP contribution in [0.3, 0.4) is 0 Å².